The van der Waals surface area contributed by atoms with Crippen LogP contribution in [0, 0.1) is 6.92 Å². The number of carboxylic acids is 2. The summed E-state index contributed by atoms with van der Waals surface area (Å²) in [6.07, 6.45) is 4.46. The fourth-order valence-corrected chi connectivity index (χ4v) is 4.33. The smallest absolute Gasteiger partial charge is 0.414 e. The fraction of sp³-hybridized carbons (Fsp3) is 0.259. The zero-order valence-corrected chi connectivity index (χ0v) is 19.7. The Morgan fingerprint density at radius 2 is 1.49 bits per heavy atom. The van der Waals surface area contributed by atoms with Gasteiger partial charge in [-0.3, -0.25) is 4.90 Å². The SMILES string of the molecule is Cc1ccc(CN2CCN(C3=Cn4cccc4N(c4ccccc4)C3)CC2)cc1.O=C(O)C(=O)O. The minimum Gasteiger partial charge on any atom is -0.473 e. The van der Waals surface area contributed by atoms with Crippen molar-refractivity contribution in [3.8, 4) is 0 Å². The lowest BCUT2D eigenvalue weighted by atomic mass is 10.1. The van der Waals surface area contributed by atoms with Crippen molar-refractivity contribution < 1.29 is 19.8 Å². The third-order valence-corrected chi connectivity index (χ3v) is 6.20. The molecule has 5 rings (SSSR count). The number of carbonyl (C=O) groups is 2. The Morgan fingerprint density at radius 1 is 0.829 bits per heavy atom. The molecule has 1 saturated heterocycles. The number of anilines is 2. The average molecular weight is 475 g/mol. The quantitative estimate of drug-likeness (QED) is 0.557. The van der Waals surface area contributed by atoms with Crippen LogP contribution >= 0.6 is 0 Å². The monoisotopic (exact) mass is 474 g/mol. The number of aryl methyl sites for hydroxylation is 1. The van der Waals surface area contributed by atoms with Gasteiger partial charge in [-0.15, -0.1) is 0 Å². The molecule has 0 amide bonds. The van der Waals surface area contributed by atoms with E-state index in [0.717, 1.165) is 39.3 Å². The van der Waals surface area contributed by atoms with Crippen LogP contribution in [0.3, 0.4) is 0 Å². The molecule has 8 nitrogen and oxygen atoms in total. The topological polar surface area (TPSA) is 89.3 Å². The highest BCUT2D eigenvalue weighted by Crippen LogP contribution is 2.32. The molecule has 0 radical (unpaired) electrons. The van der Waals surface area contributed by atoms with Gasteiger partial charge in [-0.25, -0.2) is 9.59 Å². The third kappa shape index (κ3) is 6.10. The van der Waals surface area contributed by atoms with E-state index in [2.05, 4.69) is 105 Å². The van der Waals surface area contributed by atoms with Gasteiger partial charge in [-0.1, -0.05) is 48.0 Å². The molecular weight excluding hydrogens is 444 g/mol. The van der Waals surface area contributed by atoms with Gasteiger partial charge >= 0.3 is 11.9 Å². The highest BCUT2D eigenvalue weighted by atomic mass is 16.4. The van der Waals surface area contributed by atoms with Crippen LogP contribution < -0.4 is 4.90 Å². The van der Waals surface area contributed by atoms with Gasteiger partial charge in [0.2, 0.25) is 0 Å². The Hall–Kier alpha value is -4.04. The lowest BCUT2D eigenvalue weighted by Gasteiger charge is -2.40. The molecule has 182 valence electrons. The van der Waals surface area contributed by atoms with E-state index in [1.165, 1.54) is 28.3 Å². The third-order valence-electron chi connectivity index (χ3n) is 6.20. The predicted octanol–water partition coefficient (Wildman–Crippen LogP) is 3.72. The van der Waals surface area contributed by atoms with Gasteiger partial charge in [0, 0.05) is 50.8 Å². The number of carboxylic acid groups (broad SMARTS) is 2. The molecule has 3 heterocycles. The second-order valence-corrected chi connectivity index (χ2v) is 8.67. The summed E-state index contributed by atoms with van der Waals surface area (Å²) in [7, 11) is 0. The summed E-state index contributed by atoms with van der Waals surface area (Å²) < 4.78 is 2.25. The number of para-hydroxylation sites is 1. The van der Waals surface area contributed by atoms with Crippen LogP contribution in [0.25, 0.3) is 6.20 Å². The summed E-state index contributed by atoms with van der Waals surface area (Å²) in [5.74, 6) is -2.41. The van der Waals surface area contributed by atoms with Crippen LogP contribution in [0.4, 0.5) is 11.5 Å². The Labute approximate surface area is 204 Å². The lowest BCUT2D eigenvalue weighted by molar-refractivity contribution is -0.159. The molecule has 2 aromatic carbocycles. The van der Waals surface area contributed by atoms with Crippen molar-refractivity contribution in [1.82, 2.24) is 14.4 Å². The molecule has 35 heavy (non-hydrogen) atoms. The summed E-state index contributed by atoms with van der Waals surface area (Å²) >= 11 is 0. The largest absolute Gasteiger partial charge is 0.473 e. The number of fused-ring (bicyclic) bond motifs is 1. The van der Waals surface area contributed by atoms with E-state index in [1.807, 2.05) is 0 Å². The first-order valence-electron chi connectivity index (χ1n) is 11.6. The summed E-state index contributed by atoms with van der Waals surface area (Å²) in [6, 6.07) is 24.0. The Balaban J connectivity index is 0.000000431. The van der Waals surface area contributed by atoms with Gasteiger partial charge in [-0.05, 0) is 36.8 Å². The number of benzene rings is 2. The molecule has 2 aliphatic heterocycles. The normalized spacial score (nSPS) is 15.5. The first-order chi connectivity index (χ1) is 16.9. The zero-order valence-electron chi connectivity index (χ0n) is 19.7. The maximum atomic E-state index is 9.10. The second-order valence-electron chi connectivity index (χ2n) is 8.67. The van der Waals surface area contributed by atoms with Crippen molar-refractivity contribution in [3.63, 3.8) is 0 Å². The van der Waals surface area contributed by atoms with Crippen molar-refractivity contribution in [3.05, 3.63) is 89.8 Å². The average Bonchev–Trinajstić information content (AvgIpc) is 3.35. The molecule has 2 N–H and O–H groups in total. The van der Waals surface area contributed by atoms with Crippen molar-refractivity contribution in [2.75, 3.05) is 37.6 Å². The highest BCUT2D eigenvalue weighted by Gasteiger charge is 2.25. The fourth-order valence-electron chi connectivity index (χ4n) is 4.33. The molecule has 1 fully saturated rings. The van der Waals surface area contributed by atoms with E-state index in [4.69, 9.17) is 19.8 Å². The van der Waals surface area contributed by atoms with E-state index in [-0.39, 0.29) is 0 Å². The molecule has 2 aliphatic rings. The van der Waals surface area contributed by atoms with Crippen LogP contribution in [0.15, 0.2) is 78.6 Å². The molecule has 0 aliphatic carbocycles. The van der Waals surface area contributed by atoms with Gasteiger partial charge in [0.05, 0.1) is 12.2 Å². The molecule has 3 aromatic rings. The summed E-state index contributed by atoms with van der Waals surface area (Å²) in [5, 5.41) is 14.8. The van der Waals surface area contributed by atoms with Gasteiger partial charge in [0.25, 0.3) is 0 Å². The summed E-state index contributed by atoms with van der Waals surface area (Å²) in [4.78, 5) is 25.7. The van der Waals surface area contributed by atoms with Gasteiger partial charge in [-0.2, -0.15) is 0 Å². The number of nitrogens with zero attached hydrogens (tertiary/aromatic N) is 4. The first-order valence-corrected chi connectivity index (χ1v) is 11.6. The number of aromatic nitrogens is 1. The molecule has 0 atom stereocenters. The highest BCUT2D eigenvalue weighted by molar-refractivity contribution is 6.27. The van der Waals surface area contributed by atoms with Crippen LogP contribution in [-0.2, 0) is 16.1 Å². The van der Waals surface area contributed by atoms with E-state index in [1.54, 1.807) is 0 Å². The molecule has 0 saturated carbocycles. The minimum atomic E-state index is -1.82. The molecule has 1 aromatic heterocycles. The predicted molar refractivity (Wildman–Crippen MR) is 135 cm³/mol. The van der Waals surface area contributed by atoms with E-state index < -0.39 is 11.9 Å². The number of rotatable bonds is 4. The van der Waals surface area contributed by atoms with Crippen LogP contribution in [0.2, 0.25) is 0 Å². The van der Waals surface area contributed by atoms with Crippen LogP contribution in [-0.4, -0.2) is 69.2 Å². The second kappa shape index (κ2) is 10.9. The zero-order chi connectivity index (χ0) is 24.8. The van der Waals surface area contributed by atoms with Crippen molar-refractivity contribution in [2.45, 2.75) is 13.5 Å². The van der Waals surface area contributed by atoms with Crippen molar-refractivity contribution in [1.29, 1.82) is 0 Å². The molecule has 0 spiro atoms. The summed E-state index contributed by atoms with van der Waals surface area (Å²) in [5.41, 5.74) is 5.38. The Kier molecular flexibility index (Phi) is 7.52. The molecule has 0 unspecified atom stereocenters. The molecule has 8 heteroatoms. The van der Waals surface area contributed by atoms with E-state index >= 15 is 0 Å². The summed E-state index contributed by atoms with van der Waals surface area (Å²) in [6.45, 7) is 8.49. The van der Waals surface area contributed by atoms with Crippen molar-refractivity contribution in [2.24, 2.45) is 0 Å². The maximum Gasteiger partial charge on any atom is 0.414 e. The molecular formula is C27H30N4O4. The first kappa shape index (κ1) is 24.1. The van der Waals surface area contributed by atoms with Crippen molar-refractivity contribution >= 4 is 29.6 Å². The Morgan fingerprint density at radius 3 is 2.11 bits per heavy atom. The number of aliphatic carboxylic acids is 2. The number of hydrogen-bond donors (Lipinski definition) is 2. The van der Waals surface area contributed by atoms with Crippen LogP contribution in [0.5, 0.6) is 0 Å². The number of piperazine rings is 1. The van der Waals surface area contributed by atoms with Gasteiger partial charge in [0.15, 0.2) is 0 Å². The van der Waals surface area contributed by atoms with Gasteiger partial charge < -0.3 is 24.6 Å². The number of hydrogen-bond acceptors (Lipinski definition) is 5. The maximum absolute atomic E-state index is 9.10. The molecule has 0 bridgehead atoms. The lowest BCUT2D eigenvalue weighted by Crippen LogP contribution is -2.47. The Bertz CT molecular complexity index is 1170. The minimum absolute atomic E-state index is 0.923. The standard InChI is InChI=1S/C25H28N4.C2H2O4/c1-21-9-11-22(12-10-21)18-26-14-16-27(17-15-26)24-19-28-13-5-8-25(28)29(20-24)23-6-3-2-4-7-23;3-1(4)2(5)6/h2-13,19H,14-18,20H2,1H3;(H,3,4)(H,5,6). The van der Waals surface area contributed by atoms with E-state index in [0.29, 0.717) is 0 Å². The van der Waals surface area contributed by atoms with E-state index in [9.17, 15) is 0 Å². The van der Waals surface area contributed by atoms with Gasteiger partial charge in [0.1, 0.15) is 5.82 Å². The van der Waals surface area contributed by atoms with Crippen LogP contribution in [0.1, 0.15) is 11.1 Å².